The van der Waals surface area contributed by atoms with Crippen LogP contribution in [0.5, 0.6) is 0 Å². The molecule has 0 saturated carbocycles. The van der Waals surface area contributed by atoms with Gasteiger partial charge in [0.15, 0.2) is 0 Å². The van der Waals surface area contributed by atoms with Gasteiger partial charge in [-0.3, -0.25) is 9.59 Å². The molecule has 20 heavy (non-hydrogen) atoms. The SMILES string of the molecule is Cn1c(C(=O)NC(CC(=O)O)C(C)(C)C)cc(Cl)c1Cl. The second-order valence-corrected chi connectivity index (χ2v) is 6.48. The molecule has 0 saturated heterocycles. The van der Waals surface area contributed by atoms with Gasteiger partial charge in [0.2, 0.25) is 0 Å². The number of carbonyl (C=O) groups is 2. The lowest BCUT2D eigenvalue weighted by Crippen LogP contribution is -2.45. The van der Waals surface area contributed by atoms with E-state index >= 15 is 0 Å². The summed E-state index contributed by atoms with van der Waals surface area (Å²) in [7, 11) is 1.62. The summed E-state index contributed by atoms with van der Waals surface area (Å²) >= 11 is 11.8. The number of carboxylic acid groups (broad SMARTS) is 1. The van der Waals surface area contributed by atoms with Crippen molar-refractivity contribution in [2.75, 3.05) is 0 Å². The Morgan fingerprint density at radius 1 is 1.40 bits per heavy atom. The predicted octanol–water partition coefficient (Wildman–Crippen LogP) is 2.95. The molecular weight excluding hydrogens is 303 g/mol. The van der Waals surface area contributed by atoms with E-state index in [4.69, 9.17) is 28.3 Å². The van der Waals surface area contributed by atoms with Crippen LogP contribution in [0.25, 0.3) is 0 Å². The van der Waals surface area contributed by atoms with Crippen LogP contribution in [0.2, 0.25) is 10.2 Å². The van der Waals surface area contributed by atoms with Crippen molar-refractivity contribution < 1.29 is 14.7 Å². The van der Waals surface area contributed by atoms with Crippen molar-refractivity contribution in [3.63, 3.8) is 0 Å². The molecule has 2 N–H and O–H groups in total. The number of carboxylic acids is 1. The average Bonchev–Trinajstić information content (AvgIpc) is 2.54. The maximum Gasteiger partial charge on any atom is 0.305 e. The van der Waals surface area contributed by atoms with E-state index in [0.29, 0.717) is 5.69 Å². The van der Waals surface area contributed by atoms with E-state index in [-0.39, 0.29) is 22.0 Å². The molecule has 1 amide bonds. The molecule has 1 unspecified atom stereocenters. The maximum atomic E-state index is 12.2. The quantitative estimate of drug-likeness (QED) is 0.895. The molecule has 1 heterocycles. The zero-order chi connectivity index (χ0) is 15.7. The normalized spacial score (nSPS) is 13.1. The van der Waals surface area contributed by atoms with Crippen molar-refractivity contribution in [1.29, 1.82) is 0 Å². The number of aromatic nitrogens is 1. The van der Waals surface area contributed by atoms with Crippen molar-refractivity contribution in [1.82, 2.24) is 9.88 Å². The molecule has 1 aromatic rings. The van der Waals surface area contributed by atoms with Gasteiger partial charge in [-0.2, -0.15) is 0 Å². The minimum atomic E-state index is -0.965. The number of carbonyl (C=O) groups excluding carboxylic acids is 1. The van der Waals surface area contributed by atoms with Gasteiger partial charge in [-0.25, -0.2) is 0 Å². The van der Waals surface area contributed by atoms with Gasteiger partial charge in [-0.1, -0.05) is 44.0 Å². The third-order valence-corrected chi connectivity index (χ3v) is 3.92. The van der Waals surface area contributed by atoms with Crippen LogP contribution < -0.4 is 5.32 Å². The number of rotatable bonds is 4. The first-order chi connectivity index (χ1) is 9.04. The van der Waals surface area contributed by atoms with Crippen LogP contribution in [0.4, 0.5) is 0 Å². The second kappa shape index (κ2) is 6.06. The number of nitrogens with zero attached hydrogens (tertiary/aromatic N) is 1. The number of nitrogens with one attached hydrogen (secondary N) is 1. The van der Waals surface area contributed by atoms with Gasteiger partial charge in [-0.15, -0.1) is 0 Å². The van der Waals surface area contributed by atoms with Gasteiger partial charge in [-0.05, 0) is 11.5 Å². The van der Waals surface area contributed by atoms with Gasteiger partial charge in [0.1, 0.15) is 10.8 Å². The van der Waals surface area contributed by atoms with Gasteiger partial charge in [0, 0.05) is 13.1 Å². The summed E-state index contributed by atoms with van der Waals surface area (Å²) in [6.07, 6.45) is -0.152. The third-order valence-electron chi connectivity index (χ3n) is 3.08. The summed E-state index contributed by atoms with van der Waals surface area (Å²) in [6, 6.07) is 0.958. The van der Waals surface area contributed by atoms with E-state index in [1.165, 1.54) is 10.6 Å². The summed E-state index contributed by atoms with van der Waals surface area (Å²) in [5.74, 6) is -1.37. The summed E-state index contributed by atoms with van der Waals surface area (Å²) in [6.45, 7) is 5.60. The highest BCUT2D eigenvalue weighted by Crippen LogP contribution is 2.26. The Bertz CT molecular complexity index is 532. The largest absolute Gasteiger partial charge is 0.481 e. The molecule has 1 aromatic heterocycles. The average molecular weight is 321 g/mol. The van der Waals surface area contributed by atoms with E-state index in [1.807, 2.05) is 20.8 Å². The molecule has 0 aliphatic carbocycles. The van der Waals surface area contributed by atoms with Crippen LogP contribution in [-0.2, 0) is 11.8 Å². The Balaban J connectivity index is 2.96. The Hall–Kier alpha value is -1.20. The van der Waals surface area contributed by atoms with E-state index in [1.54, 1.807) is 7.05 Å². The molecule has 1 atom stereocenters. The summed E-state index contributed by atoms with van der Waals surface area (Å²) in [5, 5.41) is 12.2. The third kappa shape index (κ3) is 3.90. The fourth-order valence-corrected chi connectivity index (χ4v) is 2.12. The summed E-state index contributed by atoms with van der Waals surface area (Å²) in [4.78, 5) is 23.1. The Kier molecular flexibility index (Phi) is 5.10. The van der Waals surface area contributed by atoms with Crippen LogP contribution in [0.15, 0.2) is 6.07 Å². The number of halogens is 2. The van der Waals surface area contributed by atoms with Crippen molar-refractivity contribution in [2.45, 2.75) is 33.2 Å². The molecular formula is C13H18Cl2N2O3. The lowest BCUT2D eigenvalue weighted by atomic mass is 9.84. The molecule has 0 spiro atoms. The molecule has 1 rings (SSSR count). The molecule has 112 valence electrons. The van der Waals surface area contributed by atoms with Crippen LogP contribution in [-0.4, -0.2) is 27.6 Å². The highest BCUT2D eigenvalue weighted by Gasteiger charge is 2.29. The highest BCUT2D eigenvalue weighted by atomic mass is 35.5. The van der Waals surface area contributed by atoms with Crippen molar-refractivity contribution in [2.24, 2.45) is 12.5 Å². The van der Waals surface area contributed by atoms with Gasteiger partial charge < -0.3 is 15.0 Å². The lowest BCUT2D eigenvalue weighted by Gasteiger charge is -2.30. The summed E-state index contributed by atoms with van der Waals surface area (Å²) < 4.78 is 1.46. The Morgan fingerprint density at radius 3 is 2.30 bits per heavy atom. The zero-order valence-corrected chi connectivity index (χ0v) is 13.3. The smallest absolute Gasteiger partial charge is 0.305 e. The van der Waals surface area contributed by atoms with Crippen molar-refractivity contribution in [3.8, 4) is 0 Å². The van der Waals surface area contributed by atoms with Crippen molar-refractivity contribution in [3.05, 3.63) is 21.9 Å². The number of hydrogen-bond acceptors (Lipinski definition) is 2. The van der Waals surface area contributed by atoms with E-state index < -0.39 is 17.9 Å². The molecule has 0 aliphatic heterocycles. The molecule has 0 fully saturated rings. The summed E-state index contributed by atoms with van der Waals surface area (Å²) in [5.41, 5.74) is -0.0908. The maximum absolute atomic E-state index is 12.2. The Labute approximate surface area is 127 Å². The first-order valence-corrected chi connectivity index (χ1v) is 6.83. The standard InChI is InChI=1S/C13H18Cl2N2O3/c1-13(2,3)9(6-10(18)19)16-12(20)8-5-7(14)11(15)17(8)4/h5,9H,6H2,1-4H3,(H,16,20)(H,18,19). The second-order valence-electron chi connectivity index (χ2n) is 5.72. The van der Waals surface area contributed by atoms with Gasteiger partial charge >= 0.3 is 5.97 Å². The van der Waals surface area contributed by atoms with Crippen LogP contribution in [0.1, 0.15) is 37.7 Å². The van der Waals surface area contributed by atoms with E-state index in [0.717, 1.165) is 0 Å². The zero-order valence-electron chi connectivity index (χ0n) is 11.8. The number of aliphatic carboxylic acids is 1. The van der Waals surface area contributed by atoms with E-state index in [9.17, 15) is 9.59 Å². The fourth-order valence-electron chi connectivity index (χ4n) is 1.74. The van der Waals surface area contributed by atoms with E-state index in [2.05, 4.69) is 5.32 Å². The first-order valence-electron chi connectivity index (χ1n) is 6.07. The minimum absolute atomic E-state index is 0.152. The minimum Gasteiger partial charge on any atom is -0.481 e. The Morgan fingerprint density at radius 2 is 1.95 bits per heavy atom. The predicted molar refractivity (Wildman–Crippen MR) is 78.4 cm³/mol. The van der Waals surface area contributed by atoms with Crippen LogP contribution in [0.3, 0.4) is 0 Å². The highest BCUT2D eigenvalue weighted by molar-refractivity contribution is 6.41. The van der Waals surface area contributed by atoms with Gasteiger partial charge in [0.05, 0.1) is 11.4 Å². The molecule has 0 aliphatic rings. The number of hydrogen-bond donors (Lipinski definition) is 2. The van der Waals surface area contributed by atoms with Gasteiger partial charge in [0.25, 0.3) is 5.91 Å². The van der Waals surface area contributed by atoms with Crippen LogP contribution >= 0.6 is 23.2 Å². The fraction of sp³-hybridized carbons (Fsp3) is 0.538. The first kappa shape index (κ1) is 16.9. The molecule has 7 heteroatoms. The number of amides is 1. The molecule has 5 nitrogen and oxygen atoms in total. The topological polar surface area (TPSA) is 71.3 Å². The lowest BCUT2D eigenvalue weighted by molar-refractivity contribution is -0.138. The molecule has 0 radical (unpaired) electrons. The van der Waals surface area contributed by atoms with Crippen LogP contribution in [0, 0.1) is 5.41 Å². The molecule has 0 bridgehead atoms. The molecule has 0 aromatic carbocycles. The monoisotopic (exact) mass is 320 g/mol. The van der Waals surface area contributed by atoms with Crippen molar-refractivity contribution >= 4 is 35.1 Å².